The second-order valence-corrected chi connectivity index (χ2v) is 18.1. The van der Waals surface area contributed by atoms with Gasteiger partial charge in [0.05, 0.1) is 0 Å². The Morgan fingerprint density at radius 2 is 0.827 bits per heavy atom. The largest absolute Gasteiger partial charge is 0.509 e. The van der Waals surface area contributed by atoms with Crippen molar-refractivity contribution >= 4 is 18.5 Å². The van der Waals surface area contributed by atoms with Crippen molar-refractivity contribution in [1.29, 1.82) is 0 Å². The predicted molar refractivity (Wildman–Crippen MR) is 206 cm³/mol. The third kappa shape index (κ3) is 18.2. The summed E-state index contributed by atoms with van der Waals surface area (Å²) in [6.45, 7) is 22.0. The van der Waals surface area contributed by atoms with Crippen LogP contribution in [0.5, 0.6) is 0 Å². The fourth-order valence-corrected chi connectivity index (χ4v) is 7.77. The summed E-state index contributed by atoms with van der Waals surface area (Å²) in [6, 6.07) is 0. The Kier molecular flexibility index (Phi) is 20.8. The minimum atomic E-state index is -1.14. The summed E-state index contributed by atoms with van der Waals surface area (Å²) in [5.41, 5.74) is -2.28. The van der Waals surface area contributed by atoms with Crippen LogP contribution in [0.25, 0.3) is 0 Å². The quantitative estimate of drug-likeness (QED) is 0.0572. The Morgan fingerprint density at radius 1 is 0.538 bits per heavy atom. The van der Waals surface area contributed by atoms with Gasteiger partial charge in [0.2, 0.25) is 0 Å². The molecule has 0 N–H and O–H groups in total. The zero-order valence-corrected chi connectivity index (χ0v) is 34.9. The lowest BCUT2D eigenvalue weighted by Crippen LogP contribution is -2.49. The van der Waals surface area contributed by atoms with Crippen LogP contribution in [-0.2, 0) is 28.4 Å². The molecular weight excluding hydrogens is 660 g/mol. The third-order valence-electron chi connectivity index (χ3n) is 11.7. The summed E-state index contributed by atoms with van der Waals surface area (Å²) in [6.07, 6.45) is 15.7. The fourth-order valence-electron chi connectivity index (χ4n) is 7.77. The zero-order valence-electron chi connectivity index (χ0n) is 34.9. The molecule has 8 unspecified atom stereocenters. The topological polar surface area (TPSA) is 107 Å². The minimum absolute atomic E-state index is 0.00677. The Morgan fingerprint density at radius 3 is 1.10 bits per heavy atom. The summed E-state index contributed by atoms with van der Waals surface area (Å²) < 4.78 is 33.2. The van der Waals surface area contributed by atoms with Gasteiger partial charge in [0.25, 0.3) is 0 Å². The Balaban J connectivity index is 1.91. The smallest absolute Gasteiger partial charge is 0.430 e. The molecule has 0 amide bonds. The van der Waals surface area contributed by atoms with E-state index in [4.69, 9.17) is 28.4 Å². The molecule has 2 saturated heterocycles. The van der Waals surface area contributed by atoms with Gasteiger partial charge in [-0.05, 0) is 75.0 Å². The molecule has 9 heteroatoms. The molecule has 0 saturated carbocycles. The molecule has 0 aromatic heterocycles. The van der Waals surface area contributed by atoms with Gasteiger partial charge in [-0.15, -0.1) is 0 Å². The van der Waals surface area contributed by atoms with Gasteiger partial charge in [0.1, 0.15) is 13.2 Å². The molecule has 52 heavy (non-hydrogen) atoms. The van der Waals surface area contributed by atoms with Gasteiger partial charge in [-0.3, -0.25) is 0 Å². The molecule has 2 fully saturated rings. The standard InChI is InChI=1S/C43H78O9/c1-31(2)17-11-19-33(5)21-13-23-35(7)25-15-27-42(9,37-29-47-39(44)49-37)51-41(46)52-43(10,38-30-48-40(45)50-38)28-16-26-36(8)24-14-22-34(6)20-12-18-32(3)4/h31-38H,11-30H2,1-10H3. The van der Waals surface area contributed by atoms with E-state index in [9.17, 15) is 14.4 Å². The molecule has 0 aromatic rings. The lowest BCUT2D eigenvalue weighted by Gasteiger charge is -2.36. The molecule has 9 nitrogen and oxygen atoms in total. The minimum Gasteiger partial charge on any atom is -0.430 e. The monoisotopic (exact) mass is 739 g/mol. The van der Waals surface area contributed by atoms with E-state index in [1.54, 1.807) is 13.8 Å². The predicted octanol–water partition coefficient (Wildman–Crippen LogP) is 12.6. The first-order valence-electron chi connectivity index (χ1n) is 21.1. The van der Waals surface area contributed by atoms with E-state index in [1.165, 1.54) is 64.2 Å². The average molecular weight is 739 g/mol. The molecule has 0 aromatic carbocycles. The molecule has 8 atom stereocenters. The maximum Gasteiger partial charge on any atom is 0.509 e. The van der Waals surface area contributed by atoms with Crippen molar-refractivity contribution in [3.63, 3.8) is 0 Å². The fraction of sp³-hybridized carbons (Fsp3) is 0.930. The van der Waals surface area contributed by atoms with Gasteiger partial charge in [-0.25, -0.2) is 14.4 Å². The number of hydrogen-bond acceptors (Lipinski definition) is 9. The molecular formula is C43H78O9. The van der Waals surface area contributed by atoms with Gasteiger partial charge >= 0.3 is 18.5 Å². The summed E-state index contributed by atoms with van der Waals surface area (Å²) >= 11 is 0. The van der Waals surface area contributed by atoms with Crippen LogP contribution in [0.1, 0.15) is 185 Å². The molecule has 0 aliphatic carbocycles. The number of rotatable bonds is 28. The van der Waals surface area contributed by atoms with Gasteiger partial charge in [0, 0.05) is 0 Å². The van der Waals surface area contributed by atoms with E-state index < -0.39 is 41.9 Å². The highest BCUT2D eigenvalue weighted by Crippen LogP contribution is 2.35. The average Bonchev–Trinajstić information content (AvgIpc) is 3.69. The molecule has 2 rings (SSSR count). The Hall–Kier alpha value is -2.19. The lowest BCUT2D eigenvalue weighted by molar-refractivity contribution is -0.133. The van der Waals surface area contributed by atoms with Crippen LogP contribution in [0, 0.1) is 35.5 Å². The number of hydrogen-bond donors (Lipinski definition) is 0. The van der Waals surface area contributed by atoms with E-state index in [-0.39, 0.29) is 13.2 Å². The van der Waals surface area contributed by atoms with E-state index >= 15 is 0 Å². The Bertz CT molecular complexity index is 952. The second kappa shape index (κ2) is 23.6. The van der Waals surface area contributed by atoms with E-state index in [1.807, 2.05) is 0 Å². The van der Waals surface area contributed by atoms with Crippen LogP contribution in [-0.4, -0.2) is 55.1 Å². The number of carbonyl (C=O) groups excluding carboxylic acids is 3. The van der Waals surface area contributed by atoms with Crippen molar-refractivity contribution in [1.82, 2.24) is 0 Å². The van der Waals surface area contributed by atoms with Crippen LogP contribution in [0.2, 0.25) is 0 Å². The summed E-state index contributed by atoms with van der Waals surface area (Å²) in [7, 11) is 0. The highest BCUT2D eigenvalue weighted by molar-refractivity contribution is 5.64. The van der Waals surface area contributed by atoms with Crippen LogP contribution in [0.3, 0.4) is 0 Å². The van der Waals surface area contributed by atoms with Crippen LogP contribution in [0.15, 0.2) is 0 Å². The van der Waals surface area contributed by atoms with Crippen molar-refractivity contribution in [3.05, 3.63) is 0 Å². The first-order chi connectivity index (χ1) is 24.5. The third-order valence-corrected chi connectivity index (χ3v) is 11.7. The van der Waals surface area contributed by atoms with Crippen LogP contribution < -0.4 is 0 Å². The molecule has 2 heterocycles. The lowest BCUT2D eigenvalue weighted by atomic mass is 9.88. The second-order valence-electron chi connectivity index (χ2n) is 18.1. The maximum absolute atomic E-state index is 13.6. The van der Waals surface area contributed by atoms with Crippen LogP contribution >= 0.6 is 0 Å². The van der Waals surface area contributed by atoms with Gasteiger partial charge in [-0.2, -0.15) is 0 Å². The summed E-state index contributed by atoms with van der Waals surface area (Å²) in [5, 5.41) is 0. The molecule has 0 bridgehead atoms. The highest BCUT2D eigenvalue weighted by Gasteiger charge is 2.49. The van der Waals surface area contributed by atoms with Crippen molar-refractivity contribution in [3.8, 4) is 0 Å². The van der Waals surface area contributed by atoms with Crippen molar-refractivity contribution in [2.24, 2.45) is 35.5 Å². The van der Waals surface area contributed by atoms with Crippen LogP contribution in [0.4, 0.5) is 14.4 Å². The molecule has 0 radical (unpaired) electrons. The highest BCUT2D eigenvalue weighted by atomic mass is 16.8. The molecule has 304 valence electrons. The van der Waals surface area contributed by atoms with E-state index in [0.717, 1.165) is 62.2 Å². The normalized spacial score (nSPS) is 22.1. The van der Waals surface area contributed by atoms with Gasteiger partial charge < -0.3 is 28.4 Å². The number of carbonyl (C=O) groups is 3. The van der Waals surface area contributed by atoms with E-state index in [0.29, 0.717) is 24.7 Å². The van der Waals surface area contributed by atoms with E-state index in [2.05, 4.69) is 55.4 Å². The number of cyclic esters (lactones) is 4. The molecule has 2 aliphatic rings. The molecule has 0 spiro atoms. The SMILES string of the molecule is CC(C)CCCC(C)CCCC(C)CCCC(C)(OC(=O)OC(C)(CCCC(C)CCCC(C)CCCC(C)C)C1COC(=O)O1)C1COC(=O)O1. The summed E-state index contributed by atoms with van der Waals surface area (Å²) in [4.78, 5) is 37.4. The number of ether oxygens (including phenoxy) is 6. The van der Waals surface area contributed by atoms with Gasteiger partial charge in [-0.1, -0.05) is 145 Å². The molecule has 2 aliphatic heterocycles. The van der Waals surface area contributed by atoms with Gasteiger partial charge in [0.15, 0.2) is 23.4 Å². The van der Waals surface area contributed by atoms with Crippen molar-refractivity contribution in [2.75, 3.05) is 13.2 Å². The Labute approximate surface area is 317 Å². The van der Waals surface area contributed by atoms with Crippen molar-refractivity contribution < 1.29 is 42.8 Å². The summed E-state index contributed by atoms with van der Waals surface area (Å²) in [5.74, 6) is 4.10. The zero-order chi connectivity index (χ0) is 38.7. The first kappa shape index (κ1) is 46.0. The first-order valence-corrected chi connectivity index (χ1v) is 21.1. The van der Waals surface area contributed by atoms with Crippen molar-refractivity contribution in [2.45, 2.75) is 208 Å². The maximum atomic E-state index is 13.6.